The Morgan fingerprint density at radius 3 is 3.14 bits per heavy atom. The summed E-state index contributed by atoms with van der Waals surface area (Å²) in [4.78, 5) is 17.1. The summed E-state index contributed by atoms with van der Waals surface area (Å²) in [7, 11) is 0. The van der Waals surface area contributed by atoms with Gasteiger partial charge in [-0.25, -0.2) is 13.9 Å². The van der Waals surface area contributed by atoms with Gasteiger partial charge >= 0.3 is 0 Å². The molecule has 0 spiro atoms. The van der Waals surface area contributed by atoms with Gasteiger partial charge in [-0.15, -0.1) is 6.42 Å². The highest BCUT2D eigenvalue weighted by Crippen LogP contribution is 2.42. The molecule has 29 heavy (non-hydrogen) atoms. The Hall–Kier alpha value is -3.60. The van der Waals surface area contributed by atoms with Gasteiger partial charge in [0.15, 0.2) is 5.65 Å². The van der Waals surface area contributed by atoms with Crippen LogP contribution in [0.25, 0.3) is 5.65 Å². The second-order valence-electron chi connectivity index (χ2n) is 7.60. The van der Waals surface area contributed by atoms with Gasteiger partial charge < -0.3 is 15.4 Å². The molecule has 0 radical (unpaired) electrons. The van der Waals surface area contributed by atoms with Gasteiger partial charge in [-0.3, -0.25) is 4.79 Å². The zero-order valence-corrected chi connectivity index (χ0v) is 15.7. The van der Waals surface area contributed by atoms with E-state index in [4.69, 9.17) is 11.2 Å². The number of rotatable bonds is 0. The molecule has 4 bridgehead atoms. The molecular weight excluding hydrogens is 373 g/mol. The maximum atomic E-state index is 14.4. The van der Waals surface area contributed by atoms with Gasteiger partial charge in [-0.2, -0.15) is 5.10 Å². The van der Waals surface area contributed by atoms with Crippen LogP contribution in [-0.2, 0) is 6.42 Å². The number of ether oxygens (including phenoxy) is 1. The molecule has 1 amide bonds. The van der Waals surface area contributed by atoms with Crippen LogP contribution in [-0.4, -0.2) is 32.7 Å². The molecule has 4 heterocycles. The second kappa shape index (κ2) is 6.21. The Morgan fingerprint density at radius 1 is 1.45 bits per heavy atom. The van der Waals surface area contributed by atoms with E-state index in [1.54, 1.807) is 12.3 Å². The van der Waals surface area contributed by atoms with Gasteiger partial charge in [-0.1, -0.05) is 5.92 Å². The number of carbonyl (C=O) groups excluding carboxylic acids is 1. The number of halogens is 1. The van der Waals surface area contributed by atoms with Gasteiger partial charge in [0.05, 0.1) is 6.20 Å². The summed E-state index contributed by atoms with van der Waals surface area (Å²) in [5.74, 6) is 3.08. The molecule has 146 valence electrons. The number of hydrogen-bond donors (Lipinski definition) is 2. The predicted octanol–water partition coefficient (Wildman–Crippen LogP) is 2.48. The number of hydrogen-bond acceptors (Lipinski definition) is 5. The number of carbonyl (C=O) groups is 1. The van der Waals surface area contributed by atoms with E-state index < -0.39 is 11.6 Å². The first-order chi connectivity index (χ1) is 14.0. The van der Waals surface area contributed by atoms with Gasteiger partial charge in [0, 0.05) is 36.7 Å². The minimum absolute atomic E-state index is 0.263. The molecular formula is C21H18FN5O2. The lowest BCUT2D eigenvalue weighted by molar-refractivity contribution is 0.0896. The zero-order valence-electron chi connectivity index (χ0n) is 15.7. The summed E-state index contributed by atoms with van der Waals surface area (Å²) in [5, 5.41) is 10.2. The number of benzene rings is 1. The molecule has 0 fully saturated rings. The van der Waals surface area contributed by atoms with Crippen molar-refractivity contribution < 1.29 is 13.9 Å². The molecule has 8 heteroatoms. The van der Waals surface area contributed by atoms with Gasteiger partial charge in [0.2, 0.25) is 0 Å². The summed E-state index contributed by atoms with van der Waals surface area (Å²) in [6.07, 6.45) is 10.0. The van der Waals surface area contributed by atoms with Gasteiger partial charge in [0.1, 0.15) is 34.6 Å². The number of amides is 1. The number of fused-ring (bicyclic) bond motifs is 2. The van der Waals surface area contributed by atoms with Crippen LogP contribution in [0.1, 0.15) is 40.9 Å². The number of anilines is 1. The average Bonchev–Trinajstić information content (AvgIpc) is 3.25. The Bertz CT molecular complexity index is 1200. The maximum absolute atomic E-state index is 14.4. The molecule has 0 saturated carbocycles. The van der Waals surface area contributed by atoms with Crippen LogP contribution in [0.5, 0.6) is 5.75 Å². The highest BCUT2D eigenvalue weighted by atomic mass is 19.1. The van der Waals surface area contributed by atoms with Gasteiger partial charge in [-0.05, 0) is 25.1 Å². The fourth-order valence-corrected chi connectivity index (χ4v) is 3.97. The summed E-state index contributed by atoms with van der Waals surface area (Å²) in [5.41, 5.74) is 1.54. The maximum Gasteiger partial charge on any atom is 0.256 e. The smallest absolute Gasteiger partial charge is 0.256 e. The molecule has 2 atom stereocenters. The summed E-state index contributed by atoms with van der Waals surface area (Å²) < 4.78 is 22.1. The summed E-state index contributed by atoms with van der Waals surface area (Å²) in [6.45, 7) is 2.35. The van der Waals surface area contributed by atoms with Gasteiger partial charge in [0.25, 0.3) is 5.91 Å². The lowest BCUT2D eigenvalue weighted by Crippen LogP contribution is -2.36. The van der Waals surface area contributed by atoms with E-state index in [0.29, 0.717) is 47.7 Å². The molecule has 7 nitrogen and oxygen atoms in total. The monoisotopic (exact) mass is 391 g/mol. The molecule has 1 aromatic carbocycles. The van der Waals surface area contributed by atoms with Crippen molar-refractivity contribution in [3.05, 3.63) is 53.1 Å². The lowest BCUT2D eigenvalue weighted by atomic mass is 9.94. The molecule has 0 aliphatic carbocycles. The molecule has 3 aromatic rings. The topological polar surface area (TPSA) is 80.5 Å². The fraction of sp³-hybridized carbons (Fsp3) is 0.286. The first-order valence-corrected chi connectivity index (χ1v) is 9.32. The van der Waals surface area contributed by atoms with E-state index in [2.05, 4.69) is 26.6 Å². The molecule has 2 aliphatic heterocycles. The van der Waals surface area contributed by atoms with Crippen LogP contribution >= 0.6 is 0 Å². The van der Waals surface area contributed by atoms with Crippen LogP contribution in [0, 0.1) is 18.2 Å². The summed E-state index contributed by atoms with van der Waals surface area (Å²) in [6, 6.07) is 3.93. The molecule has 0 unspecified atom stereocenters. The third kappa shape index (κ3) is 2.86. The van der Waals surface area contributed by atoms with E-state index in [9.17, 15) is 9.18 Å². The van der Waals surface area contributed by atoms with E-state index in [0.717, 1.165) is 5.56 Å². The minimum Gasteiger partial charge on any atom is -0.486 e. The quantitative estimate of drug-likeness (QED) is 0.576. The molecule has 0 saturated heterocycles. The molecule has 2 aromatic heterocycles. The first kappa shape index (κ1) is 17.5. The molecule has 2 N–H and O–H groups in total. The standard InChI is InChI=1S/C21H18FN5O2/c1-3-16-14-9-13(22)8-12-10-21(2,29-18(12)14)5-6-23-20(28)15-11-24-27-7-4-17(25-16)26-19(15)27/h1,4,7-9,11,16H,5-6,10H2,2H3,(H,23,28)(H,25,26)/t16-,21-/m1/s1. The van der Waals surface area contributed by atoms with Crippen molar-refractivity contribution in [1.29, 1.82) is 0 Å². The first-order valence-electron chi connectivity index (χ1n) is 9.32. The van der Waals surface area contributed by atoms with Crippen molar-refractivity contribution in [3.63, 3.8) is 0 Å². The summed E-state index contributed by atoms with van der Waals surface area (Å²) >= 11 is 0. The van der Waals surface area contributed by atoms with E-state index in [-0.39, 0.29) is 11.7 Å². The van der Waals surface area contributed by atoms with Crippen LogP contribution in [0.15, 0.2) is 30.6 Å². The van der Waals surface area contributed by atoms with Crippen molar-refractivity contribution in [1.82, 2.24) is 19.9 Å². The van der Waals surface area contributed by atoms with Crippen LogP contribution in [0.2, 0.25) is 0 Å². The van der Waals surface area contributed by atoms with Crippen molar-refractivity contribution in [3.8, 4) is 18.1 Å². The van der Waals surface area contributed by atoms with Crippen LogP contribution < -0.4 is 15.4 Å². The second-order valence-corrected chi connectivity index (χ2v) is 7.60. The number of aromatic nitrogens is 3. The zero-order chi connectivity index (χ0) is 20.2. The Kier molecular flexibility index (Phi) is 3.74. The molecule has 2 aliphatic rings. The lowest BCUT2D eigenvalue weighted by Gasteiger charge is -2.25. The third-order valence-corrected chi connectivity index (χ3v) is 5.40. The van der Waals surface area contributed by atoms with Crippen molar-refractivity contribution in [2.75, 3.05) is 11.9 Å². The van der Waals surface area contributed by atoms with Crippen LogP contribution in [0.3, 0.4) is 0 Å². The number of nitrogens with one attached hydrogen (secondary N) is 2. The largest absolute Gasteiger partial charge is 0.486 e. The Labute approximate surface area is 166 Å². The number of terminal acetylenes is 1. The van der Waals surface area contributed by atoms with E-state index in [1.165, 1.54) is 22.8 Å². The van der Waals surface area contributed by atoms with Crippen LogP contribution in [0.4, 0.5) is 10.2 Å². The third-order valence-electron chi connectivity index (χ3n) is 5.40. The van der Waals surface area contributed by atoms with E-state index in [1.807, 2.05) is 6.92 Å². The van der Waals surface area contributed by atoms with Crippen molar-refractivity contribution in [2.45, 2.75) is 31.4 Å². The highest BCUT2D eigenvalue weighted by Gasteiger charge is 2.38. The van der Waals surface area contributed by atoms with E-state index >= 15 is 0 Å². The van der Waals surface area contributed by atoms with Crippen molar-refractivity contribution >= 4 is 17.4 Å². The van der Waals surface area contributed by atoms with Crippen molar-refractivity contribution in [2.24, 2.45) is 0 Å². The highest BCUT2D eigenvalue weighted by molar-refractivity contribution is 5.99. The number of nitrogens with zero attached hydrogens (tertiary/aromatic N) is 3. The SMILES string of the molecule is C#C[C@H]1Nc2ccn3ncc(c3n2)C(=O)NCC[C@]2(C)Cc3cc(F)cc1c3O2. The predicted molar refractivity (Wildman–Crippen MR) is 104 cm³/mol. The normalized spacial score (nSPS) is 23.1. The Morgan fingerprint density at radius 2 is 2.31 bits per heavy atom. The Balaban J connectivity index is 1.67. The average molecular weight is 391 g/mol. The minimum atomic E-state index is -0.653. The fourth-order valence-electron chi connectivity index (χ4n) is 3.97. The molecule has 5 rings (SSSR count).